The van der Waals surface area contributed by atoms with Crippen molar-refractivity contribution in [1.29, 1.82) is 0 Å². The lowest BCUT2D eigenvalue weighted by atomic mass is 10.1. The van der Waals surface area contributed by atoms with Crippen LogP contribution in [0.25, 0.3) is 0 Å². The molecule has 0 aromatic carbocycles. The van der Waals surface area contributed by atoms with Gasteiger partial charge in [0.15, 0.2) is 0 Å². The van der Waals surface area contributed by atoms with E-state index in [-0.39, 0.29) is 6.04 Å². The number of anilines is 2. The zero-order valence-electron chi connectivity index (χ0n) is 11.1. The Morgan fingerprint density at radius 1 is 1.22 bits per heavy atom. The molecule has 0 bridgehead atoms. The monoisotopic (exact) mass is 262 g/mol. The second-order valence-corrected chi connectivity index (χ2v) is 5.92. The largest absolute Gasteiger partial charge is 0.384 e. The van der Waals surface area contributed by atoms with Crippen LogP contribution in [0, 0.1) is 20.8 Å². The normalized spacial score (nSPS) is 12.4. The van der Waals surface area contributed by atoms with E-state index in [1.54, 1.807) is 6.07 Å². The number of aryl methyl sites for hydroxylation is 3. The SMILES string of the molecule is Cc1nc(N)cc(NC(C)c2cc(C)sc2C)n1. The Morgan fingerprint density at radius 2 is 1.94 bits per heavy atom. The number of aromatic nitrogens is 2. The summed E-state index contributed by atoms with van der Waals surface area (Å²) in [5.41, 5.74) is 7.03. The molecule has 0 radical (unpaired) electrons. The molecule has 2 rings (SSSR count). The van der Waals surface area contributed by atoms with Crippen molar-refractivity contribution in [2.75, 3.05) is 11.1 Å². The van der Waals surface area contributed by atoms with Crippen LogP contribution in [-0.2, 0) is 0 Å². The van der Waals surface area contributed by atoms with Crippen LogP contribution >= 0.6 is 11.3 Å². The van der Waals surface area contributed by atoms with Crippen molar-refractivity contribution < 1.29 is 0 Å². The molecule has 0 amide bonds. The van der Waals surface area contributed by atoms with Gasteiger partial charge in [-0.25, -0.2) is 9.97 Å². The predicted molar refractivity (Wildman–Crippen MR) is 77.0 cm³/mol. The third-order valence-electron chi connectivity index (χ3n) is 2.77. The lowest BCUT2D eigenvalue weighted by molar-refractivity contribution is 0.865. The zero-order chi connectivity index (χ0) is 13.3. The second kappa shape index (κ2) is 4.94. The average molecular weight is 262 g/mol. The molecule has 18 heavy (non-hydrogen) atoms. The molecule has 0 saturated heterocycles. The highest BCUT2D eigenvalue weighted by molar-refractivity contribution is 7.12. The van der Waals surface area contributed by atoms with Crippen LogP contribution in [0.15, 0.2) is 12.1 Å². The Labute approximate surface area is 111 Å². The summed E-state index contributed by atoms with van der Waals surface area (Å²) in [5.74, 6) is 1.95. The second-order valence-electron chi connectivity index (χ2n) is 4.46. The first-order valence-corrected chi connectivity index (χ1v) is 6.72. The topological polar surface area (TPSA) is 63.8 Å². The first-order valence-electron chi connectivity index (χ1n) is 5.90. The van der Waals surface area contributed by atoms with E-state index in [1.807, 2.05) is 18.3 Å². The van der Waals surface area contributed by atoms with E-state index in [1.165, 1.54) is 15.3 Å². The molecule has 1 atom stereocenters. The Bertz CT molecular complexity index is 542. The van der Waals surface area contributed by atoms with Crippen molar-refractivity contribution in [2.24, 2.45) is 0 Å². The molecule has 0 fully saturated rings. The van der Waals surface area contributed by atoms with E-state index < -0.39 is 0 Å². The third kappa shape index (κ3) is 2.79. The van der Waals surface area contributed by atoms with Gasteiger partial charge in [0.2, 0.25) is 0 Å². The quantitative estimate of drug-likeness (QED) is 0.891. The van der Waals surface area contributed by atoms with Gasteiger partial charge in [0.05, 0.1) is 6.04 Å². The Balaban J connectivity index is 2.20. The van der Waals surface area contributed by atoms with E-state index in [0.717, 1.165) is 5.82 Å². The zero-order valence-corrected chi connectivity index (χ0v) is 11.9. The molecule has 0 aliphatic rings. The maximum atomic E-state index is 5.72. The summed E-state index contributed by atoms with van der Waals surface area (Å²) < 4.78 is 0. The average Bonchev–Trinajstić information content (AvgIpc) is 2.56. The van der Waals surface area contributed by atoms with Gasteiger partial charge in [0.25, 0.3) is 0 Å². The minimum Gasteiger partial charge on any atom is -0.384 e. The molecular formula is C13H18N4S. The molecule has 2 aromatic rings. The Hall–Kier alpha value is -1.62. The van der Waals surface area contributed by atoms with Gasteiger partial charge in [-0.2, -0.15) is 0 Å². The number of thiophene rings is 1. The maximum absolute atomic E-state index is 5.72. The lowest BCUT2D eigenvalue weighted by Gasteiger charge is -2.15. The molecule has 0 aliphatic heterocycles. The molecule has 2 heterocycles. The van der Waals surface area contributed by atoms with Crippen molar-refractivity contribution in [2.45, 2.75) is 33.7 Å². The summed E-state index contributed by atoms with van der Waals surface area (Å²) in [6.07, 6.45) is 0. The van der Waals surface area contributed by atoms with Crippen molar-refractivity contribution in [3.8, 4) is 0 Å². The van der Waals surface area contributed by atoms with Crippen molar-refractivity contribution in [1.82, 2.24) is 9.97 Å². The molecule has 0 aliphatic carbocycles. The van der Waals surface area contributed by atoms with E-state index in [0.29, 0.717) is 11.6 Å². The Morgan fingerprint density at radius 3 is 2.50 bits per heavy atom. The number of nitrogens with one attached hydrogen (secondary N) is 1. The predicted octanol–water partition coefficient (Wildman–Crippen LogP) is 3.22. The van der Waals surface area contributed by atoms with Crippen LogP contribution in [-0.4, -0.2) is 9.97 Å². The maximum Gasteiger partial charge on any atom is 0.132 e. The molecule has 5 heteroatoms. The summed E-state index contributed by atoms with van der Waals surface area (Å²) in [6.45, 7) is 8.24. The number of nitrogen functional groups attached to an aromatic ring is 1. The number of rotatable bonds is 3. The van der Waals surface area contributed by atoms with E-state index in [2.05, 4.69) is 42.1 Å². The number of hydrogen-bond acceptors (Lipinski definition) is 5. The van der Waals surface area contributed by atoms with Crippen LogP contribution in [0.5, 0.6) is 0 Å². The van der Waals surface area contributed by atoms with Crippen molar-refractivity contribution in [3.05, 3.63) is 33.3 Å². The molecule has 0 saturated carbocycles. The number of nitrogens with zero attached hydrogens (tertiary/aromatic N) is 2. The van der Waals surface area contributed by atoms with E-state index >= 15 is 0 Å². The first kappa shape index (κ1) is 12.8. The highest BCUT2D eigenvalue weighted by Crippen LogP contribution is 2.28. The fourth-order valence-electron chi connectivity index (χ4n) is 2.04. The van der Waals surface area contributed by atoms with Crippen LogP contribution < -0.4 is 11.1 Å². The molecule has 0 spiro atoms. The molecule has 96 valence electrons. The molecule has 2 aromatic heterocycles. The summed E-state index contributed by atoms with van der Waals surface area (Å²) in [4.78, 5) is 11.1. The van der Waals surface area contributed by atoms with Crippen LogP contribution in [0.4, 0.5) is 11.6 Å². The van der Waals surface area contributed by atoms with Crippen LogP contribution in [0.1, 0.15) is 34.1 Å². The van der Waals surface area contributed by atoms with Gasteiger partial charge < -0.3 is 11.1 Å². The summed E-state index contributed by atoms with van der Waals surface area (Å²) in [7, 11) is 0. The van der Waals surface area contributed by atoms with Gasteiger partial charge >= 0.3 is 0 Å². The van der Waals surface area contributed by atoms with E-state index in [4.69, 9.17) is 5.73 Å². The minimum absolute atomic E-state index is 0.212. The van der Waals surface area contributed by atoms with Gasteiger partial charge in [-0.3, -0.25) is 0 Å². The summed E-state index contributed by atoms with van der Waals surface area (Å²) in [6, 6.07) is 4.19. The summed E-state index contributed by atoms with van der Waals surface area (Å²) >= 11 is 1.82. The van der Waals surface area contributed by atoms with E-state index in [9.17, 15) is 0 Å². The fourth-order valence-corrected chi connectivity index (χ4v) is 3.07. The standard InChI is InChI=1S/C13H18N4S/c1-7-5-11(9(3)18-7)8(2)15-13-6-12(14)16-10(4)17-13/h5-6,8H,1-4H3,(H3,14,15,16,17). The minimum atomic E-state index is 0.212. The molecule has 1 unspecified atom stereocenters. The lowest BCUT2D eigenvalue weighted by Crippen LogP contribution is -2.09. The van der Waals surface area contributed by atoms with Crippen molar-refractivity contribution in [3.63, 3.8) is 0 Å². The van der Waals surface area contributed by atoms with Gasteiger partial charge in [-0.15, -0.1) is 11.3 Å². The van der Waals surface area contributed by atoms with Gasteiger partial charge in [0.1, 0.15) is 17.5 Å². The number of hydrogen-bond donors (Lipinski definition) is 2. The van der Waals surface area contributed by atoms with Crippen LogP contribution in [0.3, 0.4) is 0 Å². The molecule has 3 N–H and O–H groups in total. The van der Waals surface area contributed by atoms with Gasteiger partial charge in [0, 0.05) is 15.8 Å². The van der Waals surface area contributed by atoms with Crippen molar-refractivity contribution >= 4 is 23.0 Å². The summed E-state index contributed by atoms with van der Waals surface area (Å²) in [5, 5.41) is 3.37. The highest BCUT2D eigenvalue weighted by Gasteiger charge is 2.12. The Kier molecular flexibility index (Phi) is 3.52. The molecular weight excluding hydrogens is 244 g/mol. The van der Waals surface area contributed by atoms with Gasteiger partial charge in [-0.05, 0) is 39.3 Å². The van der Waals surface area contributed by atoms with Gasteiger partial charge in [-0.1, -0.05) is 0 Å². The smallest absolute Gasteiger partial charge is 0.132 e. The highest BCUT2D eigenvalue weighted by atomic mass is 32.1. The van der Waals surface area contributed by atoms with Crippen LogP contribution in [0.2, 0.25) is 0 Å². The third-order valence-corrected chi connectivity index (χ3v) is 3.75. The molecule has 4 nitrogen and oxygen atoms in total. The fraction of sp³-hybridized carbons (Fsp3) is 0.385. The number of nitrogens with two attached hydrogens (primary N) is 1. The first-order chi connectivity index (χ1) is 8.45.